The Morgan fingerprint density at radius 3 is 2.16 bits per heavy atom. The van der Waals surface area contributed by atoms with Gasteiger partial charge < -0.3 is 5.32 Å². The standard InChI is InChI=1S/C22H18BrCl3N2O3S/c1-14-2-8-17(9-3-14)32(30,31)28(12-15-4-6-16(23)7-5-15)13-22(29)27-21-11-19(25)18(24)10-20(21)26/h2-11H,12-13H2,1H3,(H,27,29). The molecule has 0 aliphatic heterocycles. The quantitative estimate of drug-likeness (QED) is 0.325. The van der Waals surface area contributed by atoms with Gasteiger partial charge in [-0.2, -0.15) is 4.31 Å². The monoisotopic (exact) mass is 574 g/mol. The predicted molar refractivity (Wildman–Crippen MR) is 133 cm³/mol. The van der Waals surface area contributed by atoms with Crippen LogP contribution in [0.2, 0.25) is 15.1 Å². The van der Waals surface area contributed by atoms with E-state index in [9.17, 15) is 13.2 Å². The van der Waals surface area contributed by atoms with E-state index in [0.29, 0.717) is 0 Å². The van der Waals surface area contributed by atoms with Crippen molar-refractivity contribution >= 4 is 72.4 Å². The van der Waals surface area contributed by atoms with Crippen molar-refractivity contribution in [2.45, 2.75) is 18.4 Å². The highest BCUT2D eigenvalue weighted by molar-refractivity contribution is 9.10. The molecule has 168 valence electrons. The molecule has 0 aromatic heterocycles. The SMILES string of the molecule is Cc1ccc(S(=O)(=O)N(CC(=O)Nc2cc(Cl)c(Cl)cc2Cl)Cc2ccc(Br)cc2)cc1. The molecule has 0 saturated heterocycles. The fourth-order valence-electron chi connectivity index (χ4n) is 2.85. The van der Waals surface area contributed by atoms with E-state index >= 15 is 0 Å². The normalized spacial score (nSPS) is 11.6. The van der Waals surface area contributed by atoms with E-state index < -0.39 is 22.5 Å². The molecule has 0 radical (unpaired) electrons. The molecule has 0 spiro atoms. The molecule has 3 rings (SSSR count). The minimum Gasteiger partial charge on any atom is -0.324 e. The number of nitrogens with one attached hydrogen (secondary N) is 1. The van der Waals surface area contributed by atoms with Crippen LogP contribution in [0.1, 0.15) is 11.1 Å². The molecule has 1 amide bonds. The number of rotatable bonds is 7. The van der Waals surface area contributed by atoms with Crippen LogP contribution >= 0.6 is 50.7 Å². The van der Waals surface area contributed by atoms with Gasteiger partial charge in [-0.05, 0) is 48.9 Å². The Hall–Kier alpha value is -1.61. The molecule has 0 bridgehead atoms. The molecule has 1 N–H and O–H groups in total. The maximum atomic E-state index is 13.3. The van der Waals surface area contributed by atoms with Gasteiger partial charge in [-0.15, -0.1) is 0 Å². The Morgan fingerprint density at radius 2 is 1.53 bits per heavy atom. The van der Waals surface area contributed by atoms with Crippen molar-refractivity contribution in [3.05, 3.63) is 91.3 Å². The first-order valence-corrected chi connectivity index (χ1v) is 12.7. The highest BCUT2D eigenvalue weighted by Crippen LogP contribution is 2.32. The lowest BCUT2D eigenvalue weighted by Gasteiger charge is -2.22. The molecule has 0 heterocycles. The second-order valence-corrected chi connectivity index (χ2v) is 11.1. The summed E-state index contributed by atoms with van der Waals surface area (Å²) >= 11 is 21.4. The number of benzene rings is 3. The number of anilines is 1. The number of nitrogens with zero attached hydrogens (tertiary/aromatic N) is 1. The zero-order chi connectivity index (χ0) is 23.5. The Morgan fingerprint density at radius 1 is 0.938 bits per heavy atom. The minimum absolute atomic E-state index is 0.00597. The molecule has 5 nitrogen and oxygen atoms in total. The van der Waals surface area contributed by atoms with Gasteiger partial charge in [0.05, 0.1) is 32.2 Å². The van der Waals surface area contributed by atoms with Crippen LogP contribution in [0.5, 0.6) is 0 Å². The fourth-order valence-corrected chi connectivity index (χ4v) is 5.09. The van der Waals surface area contributed by atoms with Crippen molar-refractivity contribution in [2.24, 2.45) is 0 Å². The van der Waals surface area contributed by atoms with E-state index in [4.69, 9.17) is 34.8 Å². The summed E-state index contributed by atoms with van der Waals surface area (Å²) in [6.07, 6.45) is 0. The molecule has 0 fully saturated rings. The number of hydrogen-bond donors (Lipinski definition) is 1. The lowest BCUT2D eigenvalue weighted by molar-refractivity contribution is -0.116. The summed E-state index contributed by atoms with van der Waals surface area (Å²) in [4.78, 5) is 12.9. The van der Waals surface area contributed by atoms with Crippen molar-refractivity contribution in [1.29, 1.82) is 0 Å². The van der Waals surface area contributed by atoms with Crippen LogP contribution in [-0.4, -0.2) is 25.2 Å². The number of carbonyl (C=O) groups excluding carboxylic acids is 1. The summed E-state index contributed by atoms with van der Waals surface area (Å²) < 4.78 is 28.7. The zero-order valence-electron chi connectivity index (χ0n) is 16.8. The van der Waals surface area contributed by atoms with Crippen molar-refractivity contribution in [2.75, 3.05) is 11.9 Å². The van der Waals surface area contributed by atoms with Gasteiger partial charge in [0.1, 0.15) is 0 Å². The number of halogens is 4. The summed E-state index contributed by atoms with van der Waals surface area (Å²) in [6, 6.07) is 16.5. The predicted octanol–water partition coefficient (Wildman–Crippen LogP) is 6.55. The van der Waals surface area contributed by atoms with Gasteiger partial charge in [-0.1, -0.05) is 80.6 Å². The minimum atomic E-state index is -3.96. The molecular formula is C22H18BrCl3N2O3S. The largest absolute Gasteiger partial charge is 0.324 e. The molecule has 0 aliphatic rings. The van der Waals surface area contributed by atoms with Crippen LogP contribution in [0, 0.1) is 6.92 Å². The van der Waals surface area contributed by atoms with Gasteiger partial charge in [-0.25, -0.2) is 8.42 Å². The van der Waals surface area contributed by atoms with Crippen LogP contribution in [-0.2, 0) is 21.4 Å². The molecule has 0 aliphatic carbocycles. The fraction of sp³-hybridized carbons (Fsp3) is 0.136. The van der Waals surface area contributed by atoms with Crippen molar-refractivity contribution in [3.63, 3.8) is 0 Å². The Bertz CT molecular complexity index is 1230. The lowest BCUT2D eigenvalue weighted by Crippen LogP contribution is -2.37. The maximum absolute atomic E-state index is 13.3. The second kappa shape index (κ2) is 10.5. The molecule has 3 aromatic rings. The van der Waals surface area contributed by atoms with Crippen molar-refractivity contribution < 1.29 is 13.2 Å². The van der Waals surface area contributed by atoms with Gasteiger partial charge in [-0.3, -0.25) is 4.79 Å². The summed E-state index contributed by atoms with van der Waals surface area (Å²) in [7, 11) is -3.96. The third-order valence-corrected chi connectivity index (χ3v) is 7.90. The Labute approximate surface area is 210 Å². The highest BCUT2D eigenvalue weighted by atomic mass is 79.9. The molecule has 0 atom stereocenters. The van der Waals surface area contributed by atoms with Crippen LogP contribution in [0.3, 0.4) is 0 Å². The van der Waals surface area contributed by atoms with E-state index in [0.717, 1.165) is 19.9 Å². The third-order valence-electron chi connectivity index (χ3n) is 4.53. The molecule has 3 aromatic carbocycles. The number of carbonyl (C=O) groups is 1. The van der Waals surface area contributed by atoms with E-state index in [1.165, 1.54) is 24.3 Å². The number of amides is 1. The molecule has 10 heteroatoms. The first-order chi connectivity index (χ1) is 15.1. The number of sulfonamides is 1. The first kappa shape index (κ1) is 25.0. The van der Waals surface area contributed by atoms with Gasteiger partial charge in [0.2, 0.25) is 15.9 Å². The maximum Gasteiger partial charge on any atom is 0.243 e. The van der Waals surface area contributed by atoms with Crippen molar-refractivity contribution in [1.82, 2.24) is 4.31 Å². The van der Waals surface area contributed by atoms with Crippen molar-refractivity contribution in [3.8, 4) is 0 Å². The van der Waals surface area contributed by atoms with Gasteiger partial charge in [0.15, 0.2) is 0 Å². The summed E-state index contributed by atoms with van der Waals surface area (Å²) in [6.45, 7) is 1.44. The Kier molecular flexibility index (Phi) is 8.25. The van der Waals surface area contributed by atoms with Crippen LogP contribution in [0.15, 0.2) is 70.0 Å². The number of hydrogen-bond acceptors (Lipinski definition) is 3. The van der Waals surface area contributed by atoms with E-state index in [1.807, 2.05) is 19.1 Å². The molecular weight excluding hydrogens is 559 g/mol. The smallest absolute Gasteiger partial charge is 0.243 e. The van der Waals surface area contributed by atoms with E-state index in [2.05, 4.69) is 21.2 Å². The Balaban J connectivity index is 1.89. The van der Waals surface area contributed by atoms with Gasteiger partial charge >= 0.3 is 0 Å². The second-order valence-electron chi connectivity index (χ2n) is 7.01. The van der Waals surface area contributed by atoms with Crippen LogP contribution < -0.4 is 5.32 Å². The average molecular weight is 577 g/mol. The first-order valence-electron chi connectivity index (χ1n) is 9.32. The lowest BCUT2D eigenvalue weighted by atomic mass is 10.2. The van der Waals surface area contributed by atoms with Gasteiger partial charge in [0.25, 0.3) is 0 Å². The average Bonchev–Trinajstić information content (AvgIpc) is 2.73. The third kappa shape index (κ3) is 6.25. The van der Waals surface area contributed by atoms with Crippen LogP contribution in [0.4, 0.5) is 5.69 Å². The summed E-state index contributed by atoms with van der Waals surface area (Å²) in [5.74, 6) is -0.571. The van der Waals surface area contributed by atoms with Gasteiger partial charge in [0, 0.05) is 11.0 Å². The number of aryl methyl sites for hydroxylation is 1. The highest BCUT2D eigenvalue weighted by Gasteiger charge is 2.27. The van der Waals surface area contributed by atoms with E-state index in [-0.39, 0.29) is 32.2 Å². The zero-order valence-corrected chi connectivity index (χ0v) is 21.5. The molecule has 0 unspecified atom stereocenters. The molecule has 32 heavy (non-hydrogen) atoms. The summed E-state index contributed by atoms with van der Waals surface area (Å²) in [5, 5.41) is 3.25. The van der Waals surface area contributed by atoms with E-state index in [1.54, 1.807) is 24.3 Å². The summed E-state index contributed by atoms with van der Waals surface area (Å²) in [5.41, 5.74) is 1.89. The topological polar surface area (TPSA) is 66.5 Å². The van der Waals surface area contributed by atoms with Crippen LogP contribution in [0.25, 0.3) is 0 Å². The molecule has 0 saturated carbocycles.